The minimum Gasteiger partial charge on any atom is -0.497 e. The lowest BCUT2D eigenvalue weighted by Crippen LogP contribution is -2.81. The molecule has 2 saturated heterocycles. The number of amides is 4. The average Bonchev–Trinajstić information content (AvgIpc) is 2.79. The van der Waals surface area contributed by atoms with Gasteiger partial charge in [0, 0.05) is 19.3 Å². The van der Waals surface area contributed by atoms with E-state index in [0.29, 0.717) is 17.0 Å². The van der Waals surface area contributed by atoms with Gasteiger partial charge in [0.15, 0.2) is 5.54 Å². The van der Waals surface area contributed by atoms with Crippen LogP contribution in [0.3, 0.4) is 0 Å². The highest BCUT2D eigenvalue weighted by Gasteiger charge is 2.60. The highest BCUT2D eigenvalue weighted by molar-refractivity contribution is 6.10. The largest absolute Gasteiger partial charge is 0.497 e. The van der Waals surface area contributed by atoms with E-state index >= 15 is 0 Å². The minimum absolute atomic E-state index is 0.0233. The normalized spacial score (nSPS) is 17.6. The zero-order chi connectivity index (χ0) is 24.7. The lowest BCUT2D eigenvalue weighted by atomic mass is 9.83. The van der Waals surface area contributed by atoms with Crippen LogP contribution < -0.4 is 15.0 Å². The van der Waals surface area contributed by atoms with E-state index in [1.165, 1.54) is 41.0 Å². The SMILES string of the molecule is CNC(=O)N1CC2(C1)C(=O)N(c1ccc(OC)cc1)CC(=O)N2Cc1ccc(C(F)(F)F)cc1. The number of alkyl halides is 3. The third-order valence-corrected chi connectivity index (χ3v) is 6.17. The minimum atomic E-state index is -4.47. The molecule has 2 aliphatic heterocycles. The topological polar surface area (TPSA) is 82.2 Å². The van der Waals surface area contributed by atoms with Gasteiger partial charge in [0.25, 0.3) is 5.91 Å². The highest BCUT2D eigenvalue weighted by atomic mass is 19.4. The van der Waals surface area contributed by atoms with Gasteiger partial charge in [-0.1, -0.05) is 12.1 Å². The maximum absolute atomic E-state index is 13.7. The molecule has 4 amide bonds. The van der Waals surface area contributed by atoms with E-state index in [4.69, 9.17) is 4.74 Å². The number of hydrogen-bond donors (Lipinski definition) is 1. The average molecular weight is 476 g/mol. The number of benzene rings is 2. The van der Waals surface area contributed by atoms with Crippen LogP contribution in [0.1, 0.15) is 11.1 Å². The first-order valence-electron chi connectivity index (χ1n) is 10.5. The molecular weight excluding hydrogens is 453 g/mol. The third-order valence-electron chi connectivity index (χ3n) is 6.17. The first kappa shape index (κ1) is 23.4. The molecule has 2 fully saturated rings. The Morgan fingerprint density at radius 3 is 2.21 bits per heavy atom. The van der Waals surface area contributed by atoms with Crippen LogP contribution in [0.25, 0.3) is 0 Å². The fraction of sp³-hybridized carbons (Fsp3) is 0.348. The summed E-state index contributed by atoms with van der Waals surface area (Å²) in [7, 11) is 2.98. The van der Waals surface area contributed by atoms with Gasteiger partial charge < -0.3 is 24.8 Å². The van der Waals surface area contributed by atoms with Crippen molar-refractivity contribution in [1.29, 1.82) is 0 Å². The number of methoxy groups -OCH3 is 1. The molecule has 11 heteroatoms. The monoisotopic (exact) mass is 476 g/mol. The van der Waals surface area contributed by atoms with E-state index in [1.807, 2.05) is 0 Å². The summed E-state index contributed by atoms with van der Waals surface area (Å²) >= 11 is 0. The van der Waals surface area contributed by atoms with Crippen LogP contribution in [0.2, 0.25) is 0 Å². The molecule has 8 nitrogen and oxygen atoms in total. The first-order chi connectivity index (χ1) is 16.1. The Morgan fingerprint density at radius 2 is 1.68 bits per heavy atom. The van der Waals surface area contributed by atoms with E-state index in [9.17, 15) is 27.6 Å². The smallest absolute Gasteiger partial charge is 0.416 e. The van der Waals surface area contributed by atoms with Gasteiger partial charge in [0.05, 0.1) is 25.8 Å². The third kappa shape index (κ3) is 4.02. The summed E-state index contributed by atoms with van der Waals surface area (Å²) in [5.74, 6) is -0.135. The summed E-state index contributed by atoms with van der Waals surface area (Å²) in [4.78, 5) is 43.1. The Balaban J connectivity index is 1.64. The maximum atomic E-state index is 13.7. The Bertz CT molecular complexity index is 1100. The molecule has 1 N–H and O–H groups in total. The summed E-state index contributed by atoms with van der Waals surface area (Å²) < 4.78 is 43.9. The quantitative estimate of drug-likeness (QED) is 0.735. The molecule has 0 aliphatic carbocycles. The Hall–Kier alpha value is -3.76. The number of anilines is 1. The van der Waals surface area contributed by atoms with Crippen molar-refractivity contribution < 1.29 is 32.3 Å². The Morgan fingerprint density at radius 1 is 1.06 bits per heavy atom. The van der Waals surface area contributed by atoms with Crippen molar-refractivity contribution >= 4 is 23.5 Å². The Labute approximate surface area is 193 Å². The standard InChI is InChI=1S/C23H23F3N4O4/c1-27-21(33)28-13-22(14-28)20(32)29(17-7-9-18(34-2)10-8-17)12-19(31)30(22)11-15-3-5-16(6-4-15)23(24,25)26/h3-10H,11-14H2,1-2H3,(H,27,33). The summed E-state index contributed by atoms with van der Waals surface area (Å²) in [6, 6.07) is 10.8. The number of nitrogens with zero attached hydrogens (tertiary/aromatic N) is 3. The molecule has 0 saturated carbocycles. The van der Waals surface area contributed by atoms with Gasteiger partial charge in [-0.3, -0.25) is 9.59 Å². The number of halogens is 3. The fourth-order valence-electron chi connectivity index (χ4n) is 4.28. The summed E-state index contributed by atoms with van der Waals surface area (Å²) in [6.45, 7) is -0.330. The number of hydrogen-bond acceptors (Lipinski definition) is 4. The molecule has 2 heterocycles. The summed E-state index contributed by atoms with van der Waals surface area (Å²) in [5, 5.41) is 2.49. The van der Waals surface area contributed by atoms with Gasteiger partial charge >= 0.3 is 12.2 Å². The molecule has 4 rings (SSSR count). The van der Waals surface area contributed by atoms with Gasteiger partial charge in [-0.05, 0) is 42.0 Å². The first-order valence-corrected chi connectivity index (χ1v) is 10.5. The maximum Gasteiger partial charge on any atom is 0.416 e. The molecule has 2 aliphatic rings. The number of urea groups is 1. The molecule has 180 valence electrons. The number of carbonyl (C=O) groups is 3. The number of piperazine rings is 1. The lowest BCUT2D eigenvalue weighted by molar-refractivity contribution is -0.161. The molecule has 0 radical (unpaired) electrons. The van der Waals surface area contributed by atoms with Gasteiger partial charge in [0.1, 0.15) is 12.3 Å². The molecular formula is C23H23F3N4O4. The molecule has 0 bridgehead atoms. The van der Waals surface area contributed by atoms with Crippen LogP contribution in [0, 0.1) is 0 Å². The second-order valence-corrected chi connectivity index (χ2v) is 8.21. The second kappa shape index (κ2) is 8.54. The molecule has 2 aromatic rings. The fourth-order valence-corrected chi connectivity index (χ4v) is 4.28. The van der Waals surface area contributed by atoms with Crippen molar-refractivity contribution in [2.45, 2.75) is 18.3 Å². The number of rotatable bonds is 4. The predicted octanol–water partition coefficient (Wildman–Crippen LogP) is 2.48. The van der Waals surface area contributed by atoms with Crippen molar-refractivity contribution in [2.24, 2.45) is 0 Å². The lowest BCUT2D eigenvalue weighted by Gasteiger charge is -2.57. The van der Waals surface area contributed by atoms with Crippen LogP contribution in [-0.2, 0) is 22.3 Å². The Kier molecular flexibility index (Phi) is 5.88. The summed E-state index contributed by atoms with van der Waals surface area (Å²) in [5.41, 5.74) is -1.16. The molecule has 34 heavy (non-hydrogen) atoms. The van der Waals surface area contributed by atoms with E-state index < -0.39 is 17.3 Å². The highest BCUT2D eigenvalue weighted by Crippen LogP contribution is 2.37. The molecule has 0 aromatic heterocycles. The van der Waals surface area contributed by atoms with Crippen LogP contribution in [0.5, 0.6) is 5.75 Å². The van der Waals surface area contributed by atoms with Gasteiger partial charge in [-0.15, -0.1) is 0 Å². The van der Waals surface area contributed by atoms with Gasteiger partial charge in [-0.25, -0.2) is 4.79 Å². The van der Waals surface area contributed by atoms with Gasteiger partial charge in [0.2, 0.25) is 5.91 Å². The number of carbonyl (C=O) groups excluding carboxylic acids is 3. The zero-order valence-corrected chi connectivity index (χ0v) is 18.6. The van der Waals surface area contributed by atoms with Crippen molar-refractivity contribution in [1.82, 2.24) is 15.1 Å². The molecule has 2 aromatic carbocycles. The van der Waals surface area contributed by atoms with E-state index in [1.54, 1.807) is 24.3 Å². The van der Waals surface area contributed by atoms with Crippen molar-refractivity contribution in [3.8, 4) is 5.75 Å². The molecule has 0 atom stereocenters. The van der Waals surface area contributed by atoms with Gasteiger partial charge in [-0.2, -0.15) is 13.2 Å². The van der Waals surface area contributed by atoms with Crippen LogP contribution >= 0.6 is 0 Å². The van der Waals surface area contributed by atoms with Crippen LogP contribution in [0.4, 0.5) is 23.7 Å². The zero-order valence-electron chi connectivity index (χ0n) is 18.6. The number of ether oxygens (including phenoxy) is 1. The van der Waals surface area contributed by atoms with Crippen molar-refractivity contribution in [2.75, 3.05) is 38.7 Å². The van der Waals surface area contributed by atoms with Crippen LogP contribution in [-0.4, -0.2) is 67.0 Å². The van der Waals surface area contributed by atoms with E-state index in [-0.39, 0.29) is 44.0 Å². The van der Waals surface area contributed by atoms with Crippen molar-refractivity contribution in [3.05, 3.63) is 59.7 Å². The molecule has 0 unspecified atom stereocenters. The molecule has 1 spiro atoms. The number of nitrogens with one attached hydrogen (secondary N) is 1. The number of likely N-dealkylation sites (tertiary alicyclic amines) is 1. The van der Waals surface area contributed by atoms with E-state index in [0.717, 1.165) is 12.1 Å². The van der Waals surface area contributed by atoms with Crippen molar-refractivity contribution in [3.63, 3.8) is 0 Å². The summed E-state index contributed by atoms with van der Waals surface area (Å²) in [6.07, 6.45) is -4.47. The van der Waals surface area contributed by atoms with E-state index in [2.05, 4.69) is 5.32 Å². The van der Waals surface area contributed by atoms with Crippen LogP contribution in [0.15, 0.2) is 48.5 Å². The second-order valence-electron chi connectivity index (χ2n) is 8.21. The predicted molar refractivity (Wildman–Crippen MR) is 116 cm³/mol.